The van der Waals surface area contributed by atoms with Gasteiger partial charge in [-0.05, 0) is 36.2 Å². The Morgan fingerprint density at radius 2 is 1.75 bits per heavy atom. The Morgan fingerprint density at radius 1 is 1.04 bits per heavy atom. The van der Waals surface area contributed by atoms with Crippen LogP contribution in [0.15, 0.2) is 54.6 Å². The molecule has 0 saturated heterocycles. The number of carbonyl (C=O) groups excluding carboxylic acids is 1. The monoisotopic (exact) mass is 332 g/mol. The second kappa shape index (κ2) is 6.03. The van der Waals surface area contributed by atoms with E-state index < -0.39 is 17.8 Å². The molecule has 2 N–H and O–H groups in total. The molecule has 0 fully saturated rings. The van der Waals surface area contributed by atoms with E-state index in [4.69, 9.17) is 5.73 Å². The van der Waals surface area contributed by atoms with Gasteiger partial charge in [0.2, 0.25) is 5.91 Å². The lowest BCUT2D eigenvalue weighted by atomic mass is 10.1. The van der Waals surface area contributed by atoms with Crippen molar-refractivity contribution < 1.29 is 18.0 Å². The Kier molecular flexibility index (Phi) is 4.05. The topological polar surface area (TPSA) is 48.0 Å². The quantitative estimate of drug-likeness (QED) is 0.717. The lowest BCUT2D eigenvalue weighted by molar-refractivity contribution is -0.142. The summed E-state index contributed by atoms with van der Waals surface area (Å²) in [5.74, 6) is -0.592. The van der Waals surface area contributed by atoms with E-state index in [2.05, 4.69) is 0 Å². The van der Waals surface area contributed by atoms with Gasteiger partial charge in [-0.3, -0.25) is 9.36 Å². The zero-order chi connectivity index (χ0) is 17.3. The molecule has 0 aliphatic rings. The molecule has 0 radical (unpaired) electrons. The molecule has 1 aromatic heterocycles. The molecule has 0 aliphatic heterocycles. The van der Waals surface area contributed by atoms with E-state index in [1.54, 1.807) is 0 Å². The number of rotatable bonds is 3. The summed E-state index contributed by atoms with van der Waals surface area (Å²) in [5, 5.41) is 0.301. The third kappa shape index (κ3) is 3.13. The fourth-order valence-electron chi connectivity index (χ4n) is 2.72. The molecule has 0 unspecified atom stereocenters. The van der Waals surface area contributed by atoms with E-state index in [9.17, 15) is 18.0 Å². The third-order valence-corrected chi connectivity index (χ3v) is 3.84. The van der Waals surface area contributed by atoms with Gasteiger partial charge in [-0.15, -0.1) is 0 Å². The zero-order valence-electron chi connectivity index (χ0n) is 12.7. The van der Waals surface area contributed by atoms with Crippen LogP contribution in [0.1, 0.15) is 22.5 Å². The molecule has 0 amide bonds. The molecule has 3 aromatic rings. The number of anilines is 1. The number of fused-ring (bicyclic) bond motifs is 1. The van der Waals surface area contributed by atoms with Crippen LogP contribution in [0.4, 0.5) is 18.9 Å². The summed E-state index contributed by atoms with van der Waals surface area (Å²) >= 11 is 0. The highest BCUT2D eigenvalue weighted by molar-refractivity contribution is 5.95. The number of benzene rings is 2. The van der Waals surface area contributed by atoms with Crippen LogP contribution in [0.5, 0.6) is 0 Å². The summed E-state index contributed by atoms with van der Waals surface area (Å²) in [6.07, 6.45) is -4.25. The van der Waals surface area contributed by atoms with Gasteiger partial charge in [0.1, 0.15) is 5.69 Å². The highest BCUT2D eigenvalue weighted by atomic mass is 19.4. The maximum atomic E-state index is 13.3. The molecule has 0 spiro atoms. The number of halogens is 3. The Hall–Kier alpha value is -2.76. The highest BCUT2D eigenvalue weighted by Crippen LogP contribution is 2.35. The summed E-state index contributed by atoms with van der Waals surface area (Å²) in [7, 11) is 0. The van der Waals surface area contributed by atoms with Crippen LogP contribution in [0.25, 0.3) is 10.9 Å². The Bertz CT molecular complexity index is 882. The van der Waals surface area contributed by atoms with Crippen LogP contribution >= 0.6 is 0 Å². The predicted octanol–water partition coefficient (Wildman–Crippen LogP) is 4.52. The normalized spacial score (nSPS) is 11.8. The van der Waals surface area contributed by atoms with Crippen molar-refractivity contribution in [3.05, 3.63) is 65.9 Å². The lowest BCUT2D eigenvalue weighted by Crippen LogP contribution is -2.20. The molecule has 3 nitrogen and oxygen atoms in total. The Labute approximate surface area is 136 Å². The van der Waals surface area contributed by atoms with Crippen LogP contribution < -0.4 is 5.73 Å². The van der Waals surface area contributed by atoms with Crippen LogP contribution in [0.3, 0.4) is 0 Å². The molecule has 0 atom stereocenters. The fourth-order valence-corrected chi connectivity index (χ4v) is 2.72. The van der Waals surface area contributed by atoms with E-state index in [1.165, 1.54) is 18.2 Å². The molecule has 1 heterocycles. The molecule has 6 heteroatoms. The van der Waals surface area contributed by atoms with Gasteiger partial charge >= 0.3 is 6.18 Å². The molecule has 0 bridgehead atoms. The summed E-state index contributed by atoms with van der Waals surface area (Å²) in [6, 6.07) is 14.5. The molecular weight excluding hydrogens is 317 g/mol. The van der Waals surface area contributed by atoms with Gasteiger partial charge in [-0.25, -0.2) is 0 Å². The van der Waals surface area contributed by atoms with Crippen molar-refractivity contribution in [2.24, 2.45) is 0 Å². The first-order chi connectivity index (χ1) is 11.4. The van der Waals surface area contributed by atoms with Gasteiger partial charge in [0.25, 0.3) is 0 Å². The lowest BCUT2D eigenvalue weighted by Gasteiger charge is -2.12. The minimum atomic E-state index is -4.61. The molecule has 2 aromatic carbocycles. The highest BCUT2D eigenvalue weighted by Gasteiger charge is 2.37. The average molecular weight is 332 g/mol. The van der Waals surface area contributed by atoms with Crippen LogP contribution in [0.2, 0.25) is 0 Å². The van der Waals surface area contributed by atoms with Crippen LogP contribution in [-0.2, 0) is 12.6 Å². The van der Waals surface area contributed by atoms with E-state index >= 15 is 0 Å². The maximum absolute atomic E-state index is 13.3. The standard InChI is InChI=1S/C18H15F3N2O/c19-18(20,21)16-11-13-10-14(22)7-8-15(13)23(16)17(24)9-6-12-4-2-1-3-5-12/h1-5,7-8,10-11H,6,9,22H2. The number of aromatic nitrogens is 1. The predicted molar refractivity (Wildman–Crippen MR) is 86.7 cm³/mol. The van der Waals surface area contributed by atoms with E-state index in [0.717, 1.165) is 16.2 Å². The first-order valence-electron chi connectivity index (χ1n) is 7.41. The summed E-state index contributed by atoms with van der Waals surface area (Å²) in [4.78, 5) is 12.5. The number of alkyl halides is 3. The number of nitrogens with two attached hydrogens (primary N) is 1. The number of carbonyl (C=O) groups is 1. The molecule has 3 rings (SSSR count). The van der Waals surface area contributed by atoms with Crippen molar-refractivity contribution in [2.75, 3.05) is 5.73 Å². The van der Waals surface area contributed by atoms with E-state index in [1.807, 2.05) is 30.3 Å². The van der Waals surface area contributed by atoms with Gasteiger partial charge in [-0.1, -0.05) is 30.3 Å². The number of aryl methyl sites for hydroxylation is 1. The Morgan fingerprint density at radius 3 is 2.42 bits per heavy atom. The van der Waals surface area contributed by atoms with Crippen molar-refractivity contribution >= 4 is 22.5 Å². The minimum Gasteiger partial charge on any atom is -0.399 e. The number of hydrogen-bond donors (Lipinski definition) is 1. The number of nitrogens with zero attached hydrogens (tertiary/aromatic N) is 1. The molecular formula is C18H15F3N2O. The maximum Gasteiger partial charge on any atom is 0.431 e. The smallest absolute Gasteiger partial charge is 0.399 e. The molecule has 0 saturated carbocycles. The Balaban J connectivity index is 1.98. The van der Waals surface area contributed by atoms with Crippen molar-refractivity contribution in [2.45, 2.75) is 19.0 Å². The van der Waals surface area contributed by atoms with Crippen LogP contribution in [-0.4, -0.2) is 10.5 Å². The van der Waals surface area contributed by atoms with Crippen molar-refractivity contribution in [3.8, 4) is 0 Å². The first-order valence-corrected chi connectivity index (χ1v) is 7.41. The number of nitrogen functional groups attached to an aromatic ring is 1. The number of hydrogen-bond acceptors (Lipinski definition) is 2. The van der Waals surface area contributed by atoms with E-state index in [-0.39, 0.29) is 11.9 Å². The molecule has 24 heavy (non-hydrogen) atoms. The largest absolute Gasteiger partial charge is 0.431 e. The van der Waals surface area contributed by atoms with Crippen LogP contribution in [0, 0.1) is 0 Å². The van der Waals surface area contributed by atoms with Crippen molar-refractivity contribution in [1.82, 2.24) is 4.57 Å². The second-order valence-corrected chi connectivity index (χ2v) is 5.56. The van der Waals surface area contributed by atoms with Crippen molar-refractivity contribution in [3.63, 3.8) is 0 Å². The van der Waals surface area contributed by atoms with Gasteiger partial charge in [-0.2, -0.15) is 13.2 Å². The first kappa shape index (κ1) is 16.1. The fraction of sp³-hybridized carbons (Fsp3) is 0.167. The van der Waals surface area contributed by atoms with Gasteiger partial charge in [0, 0.05) is 17.5 Å². The molecule has 0 aliphatic carbocycles. The SMILES string of the molecule is Nc1ccc2c(c1)cc(C(F)(F)F)n2C(=O)CCc1ccccc1. The summed E-state index contributed by atoms with van der Waals surface area (Å²) < 4.78 is 40.7. The zero-order valence-corrected chi connectivity index (χ0v) is 12.7. The summed E-state index contributed by atoms with van der Waals surface area (Å²) in [5.41, 5.74) is 6.13. The summed E-state index contributed by atoms with van der Waals surface area (Å²) in [6.45, 7) is 0. The average Bonchev–Trinajstić information content (AvgIpc) is 2.92. The molecule has 124 valence electrons. The van der Waals surface area contributed by atoms with Gasteiger partial charge in [0.15, 0.2) is 0 Å². The van der Waals surface area contributed by atoms with Gasteiger partial charge in [0.05, 0.1) is 5.52 Å². The van der Waals surface area contributed by atoms with Gasteiger partial charge < -0.3 is 5.73 Å². The third-order valence-electron chi connectivity index (χ3n) is 3.84. The van der Waals surface area contributed by atoms with Crippen molar-refractivity contribution in [1.29, 1.82) is 0 Å². The van der Waals surface area contributed by atoms with E-state index in [0.29, 0.717) is 17.5 Å². The minimum absolute atomic E-state index is 0.0126. The second-order valence-electron chi connectivity index (χ2n) is 5.56.